The number of hydrogen-bond donors (Lipinski definition) is 3. The third kappa shape index (κ3) is 4.93. The van der Waals surface area contributed by atoms with E-state index in [0.717, 1.165) is 61.1 Å². The Bertz CT molecular complexity index is 1080. The molecule has 0 bridgehead atoms. The fourth-order valence-electron chi connectivity index (χ4n) is 4.39. The van der Waals surface area contributed by atoms with Gasteiger partial charge in [-0.1, -0.05) is 72.3 Å². The Morgan fingerprint density at radius 1 is 0.938 bits per heavy atom. The molecule has 2 aliphatic rings. The van der Waals surface area contributed by atoms with Crippen molar-refractivity contribution >= 4 is 35.5 Å². The van der Waals surface area contributed by atoms with Crippen LogP contribution in [0, 0.1) is 0 Å². The Kier molecular flexibility index (Phi) is 7.36. The van der Waals surface area contributed by atoms with Gasteiger partial charge in [0.2, 0.25) is 0 Å². The highest BCUT2D eigenvalue weighted by molar-refractivity contribution is 6.33. The molecular weight excluding hydrogens is 439 g/mol. The summed E-state index contributed by atoms with van der Waals surface area (Å²) in [6.45, 7) is 3.54. The molecule has 3 N–H and O–H groups in total. The second kappa shape index (κ2) is 10.4. The Hall–Kier alpha value is -2.53. The molecule has 5 rings (SSSR count). The highest BCUT2D eigenvalue weighted by Crippen LogP contribution is 2.31. The van der Waals surface area contributed by atoms with Crippen molar-refractivity contribution in [1.29, 1.82) is 0 Å². The quantitative estimate of drug-likeness (QED) is 0.486. The number of anilines is 1. The third-order valence-corrected chi connectivity index (χ3v) is 6.44. The number of halogens is 2. The molecule has 32 heavy (non-hydrogen) atoms. The van der Waals surface area contributed by atoms with Crippen LogP contribution >= 0.6 is 24.0 Å². The van der Waals surface area contributed by atoms with Crippen LogP contribution in [-0.4, -0.2) is 25.5 Å². The van der Waals surface area contributed by atoms with Gasteiger partial charge < -0.3 is 16.0 Å². The number of rotatable bonds is 5. The third-order valence-electron chi connectivity index (χ3n) is 6.12. The van der Waals surface area contributed by atoms with E-state index in [1.54, 1.807) is 0 Å². The number of benzene rings is 3. The Morgan fingerprint density at radius 2 is 1.72 bits per heavy atom. The molecule has 166 valence electrons. The topological polar surface area (TPSA) is 48.5 Å². The molecule has 3 aromatic carbocycles. The average Bonchev–Trinajstić information content (AvgIpc) is 3.19. The van der Waals surface area contributed by atoms with E-state index in [1.165, 1.54) is 22.3 Å². The standard InChI is InChI=1S/C26H27ClN4.ClH/c27-23-11-10-19-12-14-28-15-13-22(19)25(23)29-16-18-6-8-21(9-7-18)26-30-17-24(31-26)20-4-2-1-3-5-20;/h1-11,24,28-29H,12-17H2,(H,30,31);1H. The van der Waals surface area contributed by atoms with Gasteiger partial charge in [0.1, 0.15) is 5.84 Å². The largest absolute Gasteiger partial charge is 0.380 e. The van der Waals surface area contributed by atoms with Gasteiger partial charge in [0.05, 0.1) is 23.3 Å². The molecule has 3 aromatic rings. The first-order valence-corrected chi connectivity index (χ1v) is 11.4. The van der Waals surface area contributed by atoms with Crippen LogP contribution in [0.1, 0.15) is 33.9 Å². The van der Waals surface area contributed by atoms with Crippen LogP contribution in [0.15, 0.2) is 71.7 Å². The summed E-state index contributed by atoms with van der Waals surface area (Å²) in [7, 11) is 0. The SMILES string of the molecule is Cl.Clc1ccc2c(c1NCc1ccc(C3=NCC(c4ccccc4)N3)cc1)CCNCC2. The number of fused-ring (bicyclic) bond motifs is 1. The number of hydrogen-bond acceptors (Lipinski definition) is 4. The Labute approximate surface area is 200 Å². The van der Waals surface area contributed by atoms with E-state index in [9.17, 15) is 0 Å². The predicted octanol–water partition coefficient (Wildman–Crippen LogP) is 5.15. The predicted molar refractivity (Wildman–Crippen MR) is 136 cm³/mol. The summed E-state index contributed by atoms with van der Waals surface area (Å²) in [5, 5.41) is 11.4. The van der Waals surface area contributed by atoms with Crippen LogP contribution < -0.4 is 16.0 Å². The van der Waals surface area contributed by atoms with Crippen LogP contribution in [0.3, 0.4) is 0 Å². The monoisotopic (exact) mass is 466 g/mol. The normalized spacial score (nSPS) is 17.4. The van der Waals surface area contributed by atoms with Crippen LogP contribution in [0.2, 0.25) is 5.02 Å². The van der Waals surface area contributed by atoms with E-state index in [2.05, 4.69) is 70.5 Å². The number of nitrogens with zero attached hydrogens (tertiary/aromatic N) is 1. The summed E-state index contributed by atoms with van der Waals surface area (Å²) in [4.78, 5) is 4.72. The van der Waals surface area contributed by atoms with Gasteiger partial charge in [-0.15, -0.1) is 12.4 Å². The highest BCUT2D eigenvalue weighted by Gasteiger charge is 2.20. The van der Waals surface area contributed by atoms with E-state index in [1.807, 2.05) is 12.1 Å². The zero-order chi connectivity index (χ0) is 21.0. The molecule has 0 aliphatic carbocycles. The average molecular weight is 467 g/mol. The molecule has 0 radical (unpaired) electrons. The number of aliphatic imine (C=N–C) groups is 1. The summed E-state index contributed by atoms with van der Waals surface area (Å²) in [5.74, 6) is 0.970. The molecule has 6 heteroatoms. The molecule has 0 aromatic heterocycles. The van der Waals surface area contributed by atoms with Crippen molar-refractivity contribution in [2.24, 2.45) is 4.99 Å². The first kappa shape index (κ1) is 22.7. The first-order valence-electron chi connectivity index (χ1n) is 11.0. The van der Waals surface area contributed by atoms with Crippen LogP contribution in [0.4, 0.5) is 5.69 Å². The fraction of sp³-hybridized carbons (Fsp3) is 0.269. The van der Waals surface area contributed by atoms with Crippen molar-refractivity contribution in [3.63, 3.8) is 0 Å². The molecule has 1 atom stereocenters. The molecular formula is C26H28Cl2N4. The van der Waals surface area contributed by atoms with Crippen molar-refractivity contribution in [3.8, 4) is 0 Å². The van der Waals surface area contributed by atoms with Gasteiger partial charge in [-0.05, 0) is 54.3 Å². The van der Waals surface area contributed by atoms with Crippen LogP contribution in [0.25, 0.3) is 0 Å². The van der Waals surface area contributed by atoms with Crippen LogP contribution in [0.5, 0.6) is 0 Å². The van der Waals surface area contributed by atoms with Crippen molar-refractivity contribution in [2.75, 3.05) is 25.0 Å². The van der Waals surface area contributed by atoms with Crippen molar-refractivity contribution in [2.45, 2.75) is 25.4 Å². The lowest BCUT2D eigenvalue weighted by Gasteiger charge is -2.16. The summed E-state index contributed by atoms with van der Waals surface area (Å²) in [6, 6.07) is 23.6. The molecule has 1 unspecified atom stereocenters. The van der Waals surface area contributed by atoms with E-state index in [-0.39, 0.29) is 18.4 Å². The summed E-state index contributed by atoms with van der Waals surface area (Å²) in [5.41, 5.74) is 7.45. The molecule has 2 aliphatic heterocycles. The van der Waals surface area contributed by atoms with Gasteiger partial charge >= 0.3 is 0 Å². The first-order chi connectivity index (χ1) is 15.3. The van der Waals surface area contributed by atoms with Gasteiger partial charge in [0.25, 0.3) is 0 Å². The minimum atomic E-state index is 0. The number of nitrogens with one attached hydrogen (secondary N) is 3. The van der Waals surface area contributed by atoms with Gasteiger partial charge in [0, 0.05) is 12.1 Å². The maximum Gasteiger partial charge on any atom is 0.128 e. The minimum Gasteiger partial charge on any atom is -0.380 e. The van der Waals surface area contributed by atoms with Gasteiger partial charge in [-0.25, -0.2) is 0 Å². The zero-order valence-electron chi connectivity index (χ0n) is 17.9. The number of amidine groups is 1. The fourth-order valence-corrected chi connectivity index (χ4v) is 4.64. The molecule has 2 heterocycles. The summed E-state index contributed by atoms with van der Waals surface area (Å²) < 4.78 is 0. The molecule has 0 amide bonds. The zero-order valence-corrected chi connectivity index (χ0v) is 19.5. The lowest BCUT2D eigenvalue weighted by atomic mass is 10.0. The van der Waals surface area contributed by atoms with Gasteiger partial charge in [0.15, 0.2) is 0 Å². The molecule has 0 saturated heterocycles. The summed E-state index contributed by atoms with van der Waals surface area (Å²) >= 11 is 6.55. The molecule has 4 nitrogen and oxygen atoms in total. The second-order valence-electron chi connectivity index (χ2n) is 8.16. The second-order valence-corrected chi connectivity index (χ2v) is 8.56. The van der Waals surface area contributed by atoms with Crippen molar-refractivity contribution in [1.82, 2.24) is 10.6 Å². The minimum absolute atomic E-state index is 0. The van der Waals surface area contributed by atoms with E-state index in [0.29, 0.717) is 0 Å². The van der Waals surface area contributed by atoms with Crippen molar-refractivity contribution in [3.05, 3.63) is 99.6 Å². The van der Waals surface area contributed by atoms with E-state index < -0.39 is 0 Å². The lowest BCUT2D eigenvalue weighted by molar-refractivity contribution is 0.709. The van der Waals surface area contributed by atoms with E-state index >= 15 is 0 Å². The molecule has 0 saturated carbocycles. The molecule has 0 spiro atoms. The summed E-state index contributed by atoms with van der Waals surface area (Å²) in [6.07, 6.45) is 2.06. The van der Waals surface area contributed by atoms with Gasteiger partial charge in [-0.2, -0.15) is 0 Å². The Balaban J connectivity index is 0.00000245. The Morgan fingerprint density at radius 3 is 2.53 bits per heavy atom. The molecule has 0 fully saturated rings. The van der Waals surface area contributed by atoms with E-state index in [4.69, 9.17) is 16.6 Å². The maximum absolute atomic E-state index is 6.55. The highest BCUT2D eigenvalue weighted by atomic mass is 35.5. The van der Waals surface area contributed by atoms with Gasteiger partial charge in [-0.3, -0.25) is 4.99 Å². The smallest absolute Gasteiger partial charge is 0.128 e. The van der Waals surface area contributed by atoms with Crippen LogP contribution in [-0.2, 0) is 19.4 Å². The van der Waals surface area contributed by atoms with Crippen molar-refractivity contribution < 1.29 is 0 Å². The lowest BCUT2D eigenvalue weighted by Crippen LogP contribution is -2.23. The maximum atomic E-state index is 6.55.